The van der Waals surface area contributed by atoms with Gasteiger partial charge in [0.05, 0.1) is 18.7 Å². The highest BCUT2D eigenvalue weighted by molar-refractivity contribution is 6.32. The van der Waals surface area contributed by atoms with Crippen molar-refractivity contribution in [3.8, 4) is 5.75 Å². The largest absolute Gasteiger partial charge is 0.495 e. The molecule has 0 amide bonds. The fourth-order valence-electron chi connectivity index (χ4n) is 1.54. The molecule has 0 aliphatic heterocycles. The first kappa shape index (κ1) is 13.8. The Hall–Kier alpha value is -1.26. The molecule has 1 rings (SSSR count). The number of carbonyl (C=O) groups is 1. The molecule has 5 heteroatoms. The Morgan fingerprint density at radius 2 is 2.24 bits per heavy atom. The Morgan fingerprint density at radius 1 is 1.53 bits per heavy atom. The Balaban J connectivity index is 2.59. The van der Waals surface area contributed by atoms with E-state index in [9.17, 15) is 4.79 Å². The van der Waals surface area contributed by atoms with Crippen LogP contribution >= 0.6 is 11.6 Å². The molecule has 17 heavy (non-hydrogen) atoms. The lowest BCUT2D eigenvalue weighted by atomic mass is 10.1. The van der Waals surface area contributed by atoms with Crippen LogP contribution in [0.4, 0.5) is 0 Å². The zero-order valence-electron chi connectivity index (χ0n) is 9.92. The molecule has 94 valence electrons. The zero-order valence-corrected chi connectivity index (χ0v) is 10.7. The molecule has 4 nitrogen and oxygen atoms in total. The molecule has 0 aromatic heterocycles. The van der Waals surface area contributed by atoms with Crippen LogP contribution in [0.1, 0.15) is 11.1 Å². The summed E-state index contributed by atoms with van der Waals surface area (Å²) in [5.74, 6) is -0.194. The van der Waals surface area contributed by atoms with Crippen molar-refractivity contribution in [1.29, 1.82) is 0 Å². The number of aryl methyl sites for hydroxylation is 1. The molecule has 0 spiro atoms. The van der Waals surface area contributed by atoms with Gasteiger partial charge in [0.25, 0.3) is 0 Å². The van der Waals surface area contributed by atoms with Crippen molar-refractivity contribution in [2.24, 2.45) is 0 Å². The van der Waals surface area contributed by atoms with E-state index in [0.717, 1.165) is 17.5 Å². The van der Waals surface area contributed by atoms with Gasteiger partial charge in [-0.1, -0.05) is 11.6 Å². The second kappa shape index (κ2) is 6.47. The highest BCUT2D eigenvalue weighted by Crippen LogP contribution is 2.27. The van der Waals surface area contributed by atoms with E-state index in [1.807, 2.05) is 19.1 Å². The fourth-order valence-corrected chi connectivity index (χ4v) is 1.80. The Bertz CT molecular complexity index is 407. The summed E-state index contributed by atoms with van der Waals surface area (Å²) in [5, 5.41) is 11.9. The maximum Gasteiger partial charge on any atom is 0.317 e. The Morgan fingerprint density at radius 3 is 2.82 bits per heavy atom. The van der Waals surface area contributed by atoms with Gasteiger partial charge in [-0.3, -0.25) is 4.79 Å². The molecular formula is C12H16ClNO3. The number of aliphatic carboxylic acids is 1. The number of rotatable bonds is 6. The van der Waals surface area contributed by atoms with Gasteiger partial charge in [-0.15, -0.1) is 0 Å². The molecule has 0 unspecified atom stereocenters. The van der Waals surface area contributed by atoms with Gasteiger partial charge in [-0.2, -0.15) is 0 Å². The molecule has 0 bridgehead atoms. The van der Waals surface area contributed by atoms with E-state index in [1.165, 1.54) is 0 Å². The van der Waals surface area contributed by atoms with Gasteiger partial charge in [0.1, 0.15) is 5.75 Å². The third-order valence-electron chi connectivity index (χ3n) is 2.46. The van der Waals surface area contributed by atoms with Crippen molar-refractivity contribution >= 4 is 17.6 Å². The summed E-state index contributed by atoms with van der Waals surface area (Å²) >= 11 is 6.03. The minimum absolute atomic E-state index is 0.0249. The lowest BCUT2D eigenvalue weighted by Gasteiger charge is -2.10. The van der Waals surface area contributed by atoms with Crippen LogP contribution in [0.3, 0.4) is 0 Å². The Kier molecular flexibility index (Phi) is 5.25. The van der Waals surface area contributed by atoms with E-state index in [0.29, 0.717) is 17.3 Å². The lowest BCUT2D eigenvalue weighted by molar-refractivity contribution is -0.135. The first-order valence-electron chi connectivity index (χ1n) is 5.30. The lowest BCUT2D eigenvalue weighted by Crippen LogP contribution is -2.24. The number of nitrogens with one attached hydrogen (secondary N) is 1. The van der Waals surface area contributed by atoms with Crippen molar-refractivity contribution < 1.29 is 14.6 Å². The topological polar surface area (TPSA) is 58.6 Å². The third kappa shape index (κ3) is 4.24. The number of ether oxygens (including phenoxy) is 1. The van der Waals surface area contributed by atoms with Crippen LogP contribution in [0, 0.1) is 6.92 Å². The second-order valence-electron chi connectivity index (χ2n) is 3.73. The zero-order chi connectivity index (χ0) is 12.8. The van der Waals surface area contributed by atoms with Crippen molar-refractivity contribution in [1.82, 2.24) is 5.32 Å². The van der Waals surface area contributed by atoms with E-state index < -0.39 is 5.97 Å². The van der Waals surface area contributed by atoms with Crippen LogP contribution in [-0.2, 0) is 11.2 Å². The van der Waals surface area contributed by atoms with Gasteiger partial charge in [0.15, 0.2) is 0 Å². The standard InChI is InChI=1S/C12H16ClNO3/c1-8-5-11(17-2)10(13)6-9(8)3-4-14-7-12(15)16/h5-6,14H,3-4,7H2,1-2H3,(H,15,16). The minimum atomic E-state index is -0.852. The molecule has 0 saturated carbocycles. The van der Waals surface area contributed by atoms with Crippen molar-refractivity contribution in [3.05, 3.63) is 28.3 Å². The van der Waals surface area contributed by atoms with Gasteiger partial charge >= 0.3 is 5.97 Å². The summed E-state index contributed by atoms with van der Waals surface area (Å²) in [6.07, 6.45) is 0.739. The molecule has 0 fully saturated rings. The van der Waals surface area contributed by atoms with Gasteiger partial charge in [0.2, 0.25) is 0 Å². The molecule has 0 heterocycles. The molecule has 0 saturated heterocycles. The van der Waals surface area contributed by atoms with Crippen LogP contribution in [0.2, 0.25) is 5.02 Å². The van der Waals surface area contributed by atoms with Crippen molar-refractivity contribution in [2.45, 2.75) is 13.3 Å². The Labute approximate surface area is 106 Å². The molecule has 1 aromatic rings. The van der Waals surface area contributed by atoms with E-state index >= 15 is 0 Å². The van der Waals surface area contributed by atoms with Gasteiger partial charge in [0, 0.05) is 0 Å². The summed E-state index contributed by atoms with van der Waals surface area (Å²) in [7, 11) is 1.58. The number of benzene rings is 1. The van der Waals surface area contributed by atoms with Crippen LogP contribution in [0.25, 0.3) is 0 Å². The number of hydrogen-bond donors (Lipinski definition) is 2. The number of halogens is 1. The maximum atomic E-state index is 10.3. The van der Waals surface area contributed by atoms with E-state index in [-0.39, 0.29) is 6.54 Å². The molecule has 0 aliphatic carbocycles. The van der Waals surface area contributed by atoms with Gasteiger partial charge in [-0.25, -0.2) is 0 Å². The predicted octanol–water partition coefficient (Wildman–Crippen LogP) is 1.87. The summed E-state index contributed by atoms with van der Waals surface area (Å²) in [4.78, 5) is 10.3. The van der Waals surface area contributed by atoms with E-state index in [2.05, 4.69) is 5.32 Å². The minimum Gasteiger partial charge on any atom is -0.495 e. The second-order valence-corrected chi connectivity index (χ2v) is 4.14. The first-order chi connectivity index (χ1) is 8.04. The van der Waals surface area contributed by atoms with E-state index in [1.54, 1.807) is 7.11 Å². The highest BCUT2D eigenvalue weighted by Gasteiger charge is 2.06. The van der Waals surface area contributed by atoms with Crippen molar-refractivity contribution in [3.63, 3.8) is 0 Å². The molecule has 1 aromatic carbocycles. The quantitative estimate of drug-likeness (QED) is 0.764. The number of carboxylic acids is 1. The smallest absolute Gasteiger partial charge is 0.317 e. The summed E-state index contributed by atoms with van der Waals surface area (Å²) in [6.45, 7) is 2.56. The van der Waals surface area contributed by atoms with Gasteiger partial charge in [-0.05, 0) is 43.1 Å². The fraction of sp³-hybridized carbons (Fsp3) is 0.417. The number of methoxy groups -OCH3 is 1. The maximum absolute atomic E-state index is 10.3. The molecule has 2 N–H and O–H groups in total. The van der Waals surface area contributed by atoms with Crippen molar-refractivity contribution in [2.75, 3.05) is 20.2 Å². The molecule has 0 atom stereocenters. The number of hydrogen-bond acceptors (Lipinski definition) is 3. The SMILES string of the molecule is COc1cc(C)c(CCNCC(=O)O)cc1Cl. The highest BCUT2D eigenvalue weighted by atomic mass is 35.5. The van der Waals surface area contributed by atoms with E-state index in [4.69, 9.17) is 21.4 Å². The van der Waals surface area contributed by atoms with Crippen LogP contribution in [0.5, 0.6) is 5.75 Å². The first-order valence-corrected chi connectivity index (χ1v) is 5.68. The molecular weight excluding hydrogens is 242 g/mol. The molecule has 0 aliphatic rings. The van der Waals surface area contributed by atoms with Crippen LogP contribution in [0.15, 0.2) is 12.1 Å². The third-order valence-corrected chi connectivity index (χ3v) is 2.75. The normalized spacial score (nSPS) is 10.3. The summed E-state index contributed by atoms with van der Waals surface area (Å²) in [6, 6.07) is 3.74. The summed E-state index contributed by atoms with van der Waals surface area (Å²) in [5.41, 5.74) is 2.18. The monoisotopic (exact) mass is 257 g/mol. The average Bonchev–Trinajstić information content (AvgIpc) is 2.28. The van der Waals surface area contributed by atoms with Crippen LogP contribution in [-0.4, -0.2) is 31.3 Å². The van der Waals surface area contributed by atoms with Gasteiger partial charge < -0.3 is 15.2 Å². The average molecular weight is 258 g/mol. The molecule has 0 radical (unpaired) electrons. The number of carboxylic acid groups (broad SMARTS) is 1. The summed E-state index contributed by atoms with van der Waals surface area (Å²) < 4.78 is 5.11. The predicted molar refractivity (Wildman–Crippen MR) is 67.0 cm³/mol. The van der Waals surface area contributed by atoms with Crippen LogP contribution < -0.4 is 10.1 Å².